The smallest absolute Gasteiger partial charge is 0.337 e. The van der Waals surface area contributed by atoms with Gasteiger partial charge >= 0.3 is 5.97 Å². The highest BCUT2D eigenvalue weighted by Crippen LogP contribution is 2.09. The summed E-state index contributed by atoms with van der Waals surface area (Å²) in [5, 5.41) is 0. The molecule has 0 aliphatic heterocycles. The molecule has 0 spiro atoms. The van der Waals surface area contributed by atoms with Crippen LogP contribution in [-0.2, 0) is 22.4 Å². The predicted octanol–water partition coefficient (Wildman–Crippen LogP) is 1.91. The number of hydrogen-bond donors (Lipinski definition) is 0. The van der Waals surface area contributed by atoms with Crippen LogP contribution >= 0.6 is 0 Å². The van der Waals surface area contributed by atoms with Gasteiger partial charge in [-0.2, -0.15) is 0 Å². The Labute approximate surface area is 118 Å². The fraction of sp³-hybridized carbons (Fsp3) is 0.333. The molecule has 0 aliphatic rings. The van der Waals surface area contributed by atoms with E-state index in [0.29, 0.717) is 12.2 Å². The van der Waals surface area contributed by atoms with E-state index in [1.807, 2.05) is 18.3 Å². The number of ether oxygens (including phenoxy) is 2. The van der Waals surface area contributed by atoms with Crippen LogP contribution in [0.4, 0.5) is 0 Å². The fourth-order valence-electron chi connectivity index (χ4n) is 1.97. The van der Waals surface area contributed by atoms with Crippen LogP contribution in [0.25, 0.3) is 0 Å². The Kier molecular flexibility index (Phi) is 4.90. The summed E-state index contributed by atoms with van der Waals surface area (Å²) in [6, 6.07) is 7.39. The Morgan fingerprint density at radius 1 is 1.25 bits per heavy atom. The van der Waals surface area contributed by atoms with Crippen LogP contribution in [0.2, 0.25) is 0 Å². The number of hydrogen-bond acceptors (Lipinski definition) is 4. The highest BCUT2D eigenvalue weighted by Gasteiger charge is 2.06. The Balaban J connectivity index is 2.06. The maximum atomic E-state index is 11.4. The number of rotatable bonds is 6. The summed E-state index contributed by atoms with van der Waals surface area (Å²) in [7, 11) is 3.06. The van der Waals surface area contributed by atoms with Crippen LogP contribution in [0.5, 0.6) is 0 Å². The fourth-order valence-corrected chi connectivity index (χ4v) is 1.97. The topological polar surface area (TPSA) is 53.4 Å². The van der Waals surface area contributed by atoms with Gasteiger partial charge in [0.1, 0.15) is 5.82 Å². The van der Waals surface area contributed by atoms with Gasteiger partial charge in [-0.25, -0.2) is 9.78 Å². The zero-order valence-electron chi connectivity index (χ0n) is 11.7. The highest BCUT2D eigenvalue weighted by atomic mass is 16.5. The van der Waals surface area contributed by atoms with Crippen molar-refractivity contribution in [3.63, 3.8) is 0 Å². The van der Waals surface area contributed by atoms with Crippen LogP contribution in [0.1, 0.15) is 21.7 Å². The number of methoxy groups -OCH3 is 2. The van der Waals surface area contributed by atoms with E-state index in [9.17, 15) is 4.79 Å². The molecule has 2 aromatic rings. The molecule has 20 heavy (non-hydrogen) atoms. The van der Waals surface area contributed by atoms with Gasteiger partial charge in [0.05, 0.1) is 19.3 Å². The van der Waals surface area contributed by atoms with Gasteiger partial charge in [0.2, 0.25) is 0 Å². The molecule has 1 heterocycles. The van der Waals surface area contributed by atoms with Gasteiger partial charge < -0.3 is 14.0 Å². The average molecular weight is 274 g/mol. The summed E-state index contributed by atoms with van der Waals surface area (Å²) in [6.45, 7) is 1.37. The maximum absolute atomic E-state index is 11.4. The molecule has 0 amide bonds. The molecule has 0 unspecified atom stereocenters. The van der Waals surface area contributed by atoms with Crippen molar-refractivity contribution >= 4 is 5.97 Å². The van der Waals surface area contributed by atoms with E-state index in [-0.39, 0.29) is 5.97 Å². The second kappa shape index (κ2) is 6.86. The Bertz CT molecular complexity index is 561. The minimum Gasteiger partial charge on any atom is -0.465 e. The minimum absolute atomic E-state index is 0.319. The van der Waals surface area contributed by atoms with E-state index in [1.54, 1.807) is 25.4 Å². The molecule has 5 nitrogen and oxygen atoms in total. The van der Waals surface area contributed by atoms with Crippen LogP contribution in [-0.4, -0.2) is 36.3 Å². The van der Waals surface area contributed by atoms with Gasteiger partial charge in [-0.1, -0.05) is 12.1 Å². The molecule has 5 heteroatoms. The van der Waals surface area contributed by atoms with Crippen LogP contribution < -0.4 is 0 Å². The molecule has 2 rings (SSSR count). The van der Waals surface area contributed by atoms with Crippen molar-refractivity contribution < 1.29 is 14.3 Å². The first-order valence-corrected chi connectivity index (χ1v) is 6.41. The zero-order chi connectivity index (χ0) is 14.4. The van der Waals surface area contributed by atoms with Gasteiger partial charge in [0, 0.05) is 32.5 Å². The van der Waals surface area contributed by atoms with Crippen molar-refractivity contribution in [3.05, 3.63) is 53.6 Å². The molecule has 1 aromatic heterocycles. The van der Waals surface area contributed by atoms with E-state index < -0.39 is 0 Å². The Morgan fingerprint density at radius 3 is 2.65 bits per heavy atom. The van der Waals surface area contributed by atoms with Crippen LogP contribution in [0.3, 0.4) is 0 Å². The summed E-state index contributed by atoms with van der Waals surface area (Å²) < 4.78 is 11.8. The van der Waals surface area contributed by atoms with E-state index in [4.69, 9.17) is 4.74 Å². The second-order valence-electron chi connectivity index (χ2n) is 4.40. The Morgan fingerprint density at radius 2 is 2.00 bits per heavy atom. The average Bonchev–Trinajstić information content (AvgIpc) is 2.92. The number of nitrogens with zero attached hydrogens (tertiary/aromatic N) is 2. The van der Waals surface area contributed by atoms with Crippen molar-refractivity contribution in [1.29, 1.82) is 0 Å². The standard InChI is InChI=1S/C15H18N2O3/c1-19-10-7-14-16-8-9-17(14)11-12-3-5-13(6-4-12)15(18)20-2/h3-6,8-9H,7,10-11H2,1-2H3. The molecular weight excluding hydrogens is 256 g/mol. The quantitative estimate of drug-likeness (QED) is 0.755. The van der Waals surface area contributed by atoms with E-state index in [0.717, 1.165) is 24.4 Å². The third-order valence-corrected chi connectivity index (χ3v) is 3.06. The monoisotopic (exact) mass is 274 g/mol. The number of benzene rings is 1. The number of esters is 1. The zero-order valence-corrected chi connectivity index (χ0v) is 11.7. The summed E-state index contributed by atoms with van der Waals surface area (Å²) >= 11 is 0. The van der Waals surface area contributed by atoms with Crippen molar-refractivity contribution in [2.24, 2.45) is 0 Å². The molecule has 0 fully saturated rings. The number of imidazole rings is 1. The summed E-state index contributed by atoms with van der Waals surface area (Å²) in [5.41, 5.74) is 1.66. The van der Waals surface area contributed by atoms with E-state index >= 15 is 0 Å². The molecule has 106 valence electrons. The maximum Gasteiger partial charge on any atom is 0.337 e. The summed E-state index contributed by atoms with van der Waals surface area (Å²) in [5.74, 6) is 0.670. The van der Waals surface area contributed by atoms with Crippen molar-refractivity contribution in [1.82, 2.24) is 9.55 Å². The molecule has 1 aromatic carbocycles. The predicted molar refractivity (Wildman–Crippen MR) is 74.7 cm³/mol. The van der Waals surface area contributed by atoms with E-state index in [2.05, 4.69) is 14.3 Å². The lowest BCUT2D eigenvalue weighted by molar-refractivity contribution is 0.0600. The number of carbonyl (C=O) groups is 1. The molecule has 0 radical (unpaired) electrons. The van der Waals surface area contributed by atoms with Gasteiger partial charge in [-0.3, -0.25) is 0 Å². The largest absolute Gasteiger partial charge is 0.465 e. The second-order valence-corrected chi connectivity index (χ2v) is 4.40. The summed E-state index contributed by atoms with van der Waals surface area (Å²) in [6.07, 6.45) is 4.51. The molecule has 0 atom stereocenters. The number of carbonyl (C=O) groups excluding carboxylic acids is 1. The normalized spacial score (nSPS) is 10.5. The van der Waals surface area contributed by atoms with Crippen molar-refractivity contribution in [3.8, 4) is 0 Å². The van der Waals surface area contributed by atoms with E-state index in [1.165, 1.54) is 7.11 Å². The van der Waals surface area contributed by atoms with Crippen LogP contribution in [0, 0.1) is 0 Å². The molecule has 0 saturated heterocycles. The van der Waals surface area contributed by atoms with Crippen molar-refractivity contribution in [2.75, 3.05) is 20.8 Å². The SMILES string of the molecule is COCCc1nccn1Cc1ccc(C(=O)OC)cc1. The first-order chi connectivity index (χ1) is 9.74. The first kappa shape index (κ1) is 14.3. The minimum atomic E-state index is -0.319. The number of aromatic nitrogens is 2. The van der Waals surface area contributed by atoms with Crippen LogP contribution in [0.15, 0.2) is 36.7 Å². The third kappa shape index (κ3) is 3.45. The summed E-state index contributed by atoms with van der Waals surface area (Å²) in [4.78, 5) is 15.7. The molecule has 0 bridgehead atoms. The van der Waals surface area contributed by atoms with Gasteiger partial charge in [0.15, 0.2) is 0 Å². The molecule has 0 N–H and O–H groups in total. The lowest BCUT2D eigenvalue weighted by Gasteiger charge is -2.08. The lowest BCUT2D eigenvalue weighted by Crippen LogP contribution is -2.07. The first-order valence-electron chi connectivity index (χ1n) is 6.41. The van der Waals surface area contributed by atoms with Gasteiger partial charge in [-0.15, -0.1) is 0 Å². The van der Waals surface area contributed by atoms with Crippen molar-refractivity contribution in [2.45, 2.75) is 13.0 Å². The third-order valence-electron chi connectivity index (χ3n) is 3.06. The highest BCUT2D eigenvalue weighted by molar-refractivity contribution is 5.89. The lowest BCUT2D eigenvalue weighted by atomic mass is 10.1. The van der Waals surface area contributed by atoms with Gasteiger partial charge in [-0.05, 0) is 17.7 Å². The molecular formula is C15H18N2O3. The Hall–Kier alpha value is -2.14. The molecule has 0 saturated carbocycles. The molecule has 0 aliphatic carbocycles. The van der Waals surface area contributed by atoms with Gasteiger partial charge in [0.25, 0.3) is 0 Å².